The molecule has 146 valence electrons. The fourth-order valence-corrected chi connectivity index (χ4v) is 3.95. The van der Waals surface area contributed by atoms with Crippen molar-refractivity contribution in [3.63, 3.8) is 0 Å². The highest BCUT2D eigenvalue weighted by atomic mass is 35.5. The molecule has 1 aromatic rings. The van der Waals surface area contributed by atoms with Crippen LogP contribution in [0.2, 0.25) is 5.02 Å². The van der Waals surface area contributed by atoms with E-state index < -0.39 is 0 Å². The van der Waals surface area contributed by atoms with E-state index in [0.717, 1.165) is 66.8 Å². The van der Waals surface area contributed by atoms with Gasteiger partial charge in [0.05, 0.1) is 11.7 Å². The van der Waals surface area contributed by atoms with Gasteiger partial charge in [-0.15, -0.1) is 0 Å². The summed E-state index contributed by atoms with van der Waals surface area (Å²) in [4.78, 5) is 12.6. The van der Waals surface area contributed by atoms with Crippen molar-refractivity contribution in [2.75, 3.05) is 33.2 Å². The Labute approximate surface area is 167 Å². The second kappa shape index (κ2) is 8.98. The standard InChI is InChI=1S/C21H31ClN5/c1-5-19-20(24-16(3)8-11-26(19)4)21(27-12-9-23-10-13-27)25-18-7-6-17(22)14-15(18)2/h6-7,11,14,16,19,23H,5,8-10,12-13H2,1-4H3/q+1. The molecular formula is C21H31ClN5+. The number of nitrogens with one attached hydrogen (secondary N) is 1. The topological polar surface area (TPSA) is 43.0 Å². The molecule has 0 saturated carbocycles. The lowest BCUT2D eigenvalue weighted by molar-refractivity contribution is -0.515. The van der Waals surface area contributed by atoms with Crippen LogP contribution < -0.4 is 5.32 Å². The van der Waals surface area contributed by atoms with Crippen molar-refractivity contribution in [1.29, 1.82) is 0 Å². The van der Waals surface area contributed by atoms with Crippen LogP contribution in [0.25, 0.3) is 0 Å². The average Bonchev–Trinajstić information content (AvgIpc) is 2.80. The van der Waals surface area contributed by atoms with E-state index in [1.54, 1.807) is 0 Å². The fraction of sp³-hybridized carbons (Fsp3) is 0.571. The quantitative estimate of drug-likeness (QED) is 0.490. The Morgan fingerprint density at radius 2 is 2.11 bits per heavy atom. The number of piperazine rings is 1. The molecule has 2 aliphatic heterocycles. The highest BCUT2D eigenvalue weighted by molar-refractivity contribution is 6.43. The predicted octanol–water partition coefficient (Wildman–Crippen LogP) is 3.31. The third kappa shape index (κ3) is 4.77. The van der Waals surface area contributed by atoms with Gasteiger partial charge < -0.3 is 10.2 Å². The molecule has 0 aromatic heterocycles. The monoisotopic (exact) mass is 388 g/mol. The lowest BCUT2D eigenvalue weighted by atomic mass is 10.1. The minimum absolute atomic E-state index is 0.246. The van der Waals surface area contributed by atoms with Crippen LogP contribution in [0, 0.1) is 6.92 Å². The van der Waals surface area contributed by atoms with Crippen LogP contribution in [0.1, 0.15) is 32.3 Å². The van der Waals surface area contributed by atoms with Gasteiger partial charge in [0.2, 0.25) is 0 Å². The van der Waals surface area contributed by atoms with Crippen LogP contribution in [0.5, 0.6) is 0 Å². The molecule has 0 radical (unpaired) electrons. The molecule has 5 nitrogen and oxygen atoms in total. The first-order valence-corrected chi connectivity index (χ1v) is 10.3. The Kier molecular flexibility index (Phi) is 6.66. The number of hydrogen-bond acceptors (Lipinski definition) is 3. The Morgan fingerprint density at radius 1 is 1.37 bits per heavy atom. The normalized spacial score (nSPS) is 24.3. The van der Waals surface area contributed by atoms with Gasteiger partial charge in [0, 0.05) is 44.0 Å². The Balaban J connectivity index is 2.10. The van der Waals surface area contributed by atoms with Crippen molar-refractivity contribution in [1.82, 2.24) is 10.2 Å². The molecule has 1 fully saturated rings. The molecule has 0 amide bonds. The van der Waals surface area contributed by atoms with Gasteiger partial charge in [0.15, 0.2) is 11.9 Å². The Morgan fingerprint density at radius 3 is 2.78 bits per heavy atom. The lowest BCUT2D eigenvalue weighted by Crippen LogP contribution is -2.52. The van der Waals surface area contributed by atoms with Gasteiger partial charge in [0.1, 0.15) is 19.0 Å². The molecule has 0 spiro atoms. The van der Waals surface area contributed by atoms with Crippen LogP contribution in [-0.2, 0) is 0 Å². The van der Waals surface area contributed by atoms with Crippen LogP contribution >= 0.6 is 11.6 Å². The molecule has 2 atom stereocenters. The van der Waals surface area contributed by atoms with Crippen LogP contribution in [-0.4, -0.2) is 72.5 Å². The summed E-state index contributed by atoms with van der Waals surface area (Å²) in [5.41, 5.74) is 3.16. The van der Waals surface area contributed by atoms with Gasteiger partial charge in [-0.3, -0.25) is 4.99 Å². The van der Waals surface area contributed by atoms with Crippen LogP contribution in [0.4, 0.5) is 5.69 Å². The molecule has 1 aromatic carbocycles. The number of amidine groups is 1. The Bertz CT molecular complexity index is 762. The lowest BCUT2D eigenvalue weighted by Gasteiger charge is -2.32. The van der Waals surface area contributed by atoms with Gasteiger partial charge in [-0.05, 0) is 37.6 Å². The zero-order chi connectivity index (χ0) is 19.4. The van der Waals surface area contributed by atoms with E-state index in [9.17, 15) is 0 Å². The molecule has 1 N–H and O–H groups in total. The largest absolute Gasteiger partial charge is 0.352 e. The maximum Gasteiger partial charge on any atom is 0.197 e. The molecule has 0 aliphatic carbocycles. The number of benzene rings is 1. The number of hydrogen-bond donors (Lipinski definition) is 1. The van der Waals surface area contributed by atoms with Crippen molar-refractivity contribution in [3.05, 3.63) is 28.8 Å². The molecule has 0 bridgehead atoms. The van der Waals surface area contributed by atoms with Crippen LogP contribution in [0.3, 0.4) is 0 Å². The molecule has 2 aliphatic rings. The second-order valence-corrected chi connectivity index (χ2v) is 7.91. The minimum atomic E-state index is 0.246. The minimum Gasteiger partial charge on any atom is -0.352 e. The highest BCUT2D eigenvalue weighted by Crippen LogP contribution is 2.24. The molecule has 27 heavy (non-hydrogen) atoms. The summed E-state index contributed by atoms with van der Waals surface area (Å²) in [7, 11) is 2.16. The summed E-state index contributed by atoms with van der Waals surface area (Å²) >= 11 is 6.15. The van der Waals surface area contributed by atoms with E-state index in [0.29, 0.717) is 0 Å². The summed E-state index contributed by atoms with van der Waals surface area (Å²) in [6.45, 7) is 10.3. The predicted molar refractivity (Wildman–Crippen MR) is 116 cm³/mol. The maximum atomic E-state index is 6.15. The third-order valence-electron chi connectivity index (χ3n) is 5.32. The Hall–Kier alpha value is -1.72. The average molecular weight is 389 g/mol. The van der Waals surface area contributed by atoms with E-state index >= 15 is 0 Å². The first kappa shape index (κ1) is 20.0. The van der Waals surface area contributed by atoms with Crippen molar-refractivity contribution in [2.24, 2.45) is 9.98 Å². The van der Waals surface area contributed by atoms with E-state index in [1.165, 1.54) is 0 Å². The summed E-state index contributed by atoms with van der Waals surface area (Å²) in [6, 6.07) is 6.41. The first-order chi connectivity index (χ1) is 13.0. The maximum absolute atomic E-state index is 6.15. The SMILES string of the molecule is CCC1C(C(=Nc2ccc(Cl)cc2C)N2CCNCC2)=NC(C)CC=[N+]1C. The van der Waals surface area contributed by atoms with E-state index in [1.807, 2.05) is 18.2 Å². The van der Waals surface area contributed by atoms with Crippen molar-refractivity contribution in [3.8, 4) is 0 Å². The van der Waals surface area contributed by atoms with Crippen molar-refractivity contribution < 1.29 is 4.58 Å². The van der Waals surface area contributed by atoms with Gasteiger partial charge in [-0.1, -0.05) is 18.5 Å². The second-order valence-electron chi connectivity index (χ2n) is 7.47. The van der Waals surface area contributed by atoms with E-state index in [4.69, 9.17) is 21.6 Å². The number of nitrogens with zero attached hydrogens (tertiary/aromatic N) is 4. The number of aryl methyl sites for hydroxylation is 1. The smallest absolute Gasteiger partial charge is 0.197 e. The van der Waals surface area contributed by atoms with E-state index in [-0.39, 0.29) is 12.1 Å². The van der Waals surface area contributed by atoms with Crippen molar-refractivity contribution in [2.45, 2.75) is 45.7 Å². The zero-order valence-electron chi connectivity index (χ0n) is 16.9. The van der Waals surface area contributed by atoms with E-state index in [2.05, 4.69) is 48.8 Å². The first-order valence-electron chi connectivity index (χ1n) is 9.93. The molecule has 6 heteroatoms. The van der Waals surface area contributed by atoms with Gasteiger partial charge in [-0.2, -0.15) is 0 Å². The molecule has 2 unspecified atom stereocenters. The summed E-state index contributed by atoms with van der Waals surface area (Å²) in [5, 5.41) is 4.19. The van der Waals surface area contributed by atoms with Gasteiger partial charge in [0.25, 0.3) is 0 Å². The summed E-state index contributed by atoms with van der Waals surface area (Å²) in [6.07, 6.45) is 4.24. The van der Waals surface area contributed by atoms with Gasteiger partial charge >= 0.3 is 0 Å². The van der Waals surface area contributed by atoms with Gasteiger partial charge in [-0.25, -0.2) is 9.57 Å². The van der Waals surface area contributed by atoms with Crippen molar-refractivity contribution >= 4 is 35.1 Å². The third-order valence-corrected chi connectivity index (χ3v) is 5.55. The summed E-state index contributed by atoms with van der Waals surface area (Å²) < 4.78 is 2.31. The number of rotatable bonds is 3. The number of aliphatic imine (C=N–C) groups is 2. The zero-order valence-corrected chi connectivity index (χ0v) is 17.6. The molecule has 2 heterocycles. The summed E-state index contributed by atoms with van der Waals surface area (Å²) in [5.74, 6) is 1.02. The molecular weight excluding hydrogens is 358 g/mol. The molecule has 1 saturated heterocycles. The number of halogens is 1. The fourth-order valence-electron chi connectivity index (χ4n) is 3.73. The highest BCUT2D eigenvalue weighted by Gasteiger charge is 2.33. The van der Waals surface area contributed by atoms with Crippen LogP contribution in [0.15, 0.2) is 28.2 Å². The molecule has 3 rings (SSSR count).